The third-order valence-electron chi connectivity index (χ3n) is 0.677. The van der Waals surface area contributed by atoms with Crippen LogP contribution in [0.25, 0.3) is 0 Å². The summed E-state index contributed by atoms with van der Waals surface area (Å²) in [5.74, 6) is -0.605. The highest BCUT2D eigenvalue weighted by molar-refractivity contribution is 7.11. The van der Waals surface area contributed by atoms with Crippen molar-refractivity contribution in [1.29, 1.82) is 0 Å². The van der Waals surface area contributed by atoms with Crippen LogP contribution in [0.1, 0.15) is 9.80 Å². The van der Waals surface area contributed by atoms with E-state index in [0.717, 1.165) is 0 Å². The largest absolute Gasteiger partial charge is 0.385 e. The van der Waals surface area contributed by atoms with Gasteiger partial charge in [-0.2, -0.15) is 0 Å². The standard InChI is InChI=1S/C4H2ClNO2S/c5-8-4(7)3-6-1-2-9-3/h1-2H. The number of nitrogens with zero attached hydrogens (tertiary/aromatic N) is 1. The van der Waals surface area contributed by atoms with E-state index in [4.69, 9.17) is 11.9 Å². The Morgan fingerprint density at radius 1 is 1.89 bits per heavy atom. The van der Waals surface area contributed by atoms with E-state index in [1.54, 1.807) is 5.38 Å². The monoisotopic (exact) mass is 163 g/mol. The zero-order chi connectivity index (χ0) is 6.69. The van der Waals surface area contributed by atoms with Crippen molar-refractivity contribution in [3.8, 4) is 0 Å². The summed E-state index contributed by atoms with van der Waals surface area (Å²) < 4.78 is 3.88. The van der Waals surface area contributed by atoms with Gasteiger partial charge in [0.1, 0.15) is 11.9 Å². The van der Waals surface area contributed by atoms with Gasteiger partial charge in [0.05, 0.1) is 0 Å². The molecule has 1 aromatic heterocycles. The zero-order valence-corrected chi connectivity index (χ0v) is 5.78. The minimum atomic E-state index is -0.605. The Kier molecular flexibility index (Phi) is 2.02. The molecule has 48 valence electrons. The highest BCUT2D eigenvalue weighted by Crippen LogP contribution is 2.05. The number of hydrogen-bond acceptors (Lipinski definition) is 4. The van der Waals surface area contributed by atoms with Gasteiger partial charge in [-0.25, -0.2) is 9.78 Å². The van der Waals surface area contributed by atoms with Gasteiger partial charge in [0.15, 0.2) is 0 Å². The molecule has 0 unspecified atom stereocenters. The molecule has 0 saturated carbocycles. The first-order chi connectivity index (χ1) is 4.34. The third-order valence-corrected chi connectivity index (χ3v) is 1.57. The Labute approximate surface area is 60.4 Å². The molecule has 0 atom stereocenters. The number of hydrogen-bond donors (Lipinski definition) is 0. The Hall–Kier alpha value is -0.610. The van der Waals surface area contributed by atoms with Gasteiger partial charge < -0.3 is 4.29 Å². The smallest absolute Gasteiger partial charge is 0.341 e. The normalized spacial score (nSPS) is 9.00. The van der Waals surface area contributed by atoms with Crippen LogP contribution in [0, 0.1) is 0 Å². The molecule has 5 heteroatoms. The number of aromatic nitrogens is 1. The van der Waals surface area contributed by atoms with Gasteiger partial charge in [0, 0.05) is 11.6 Å². The Bertz CT molecular complexity index is 198. The SMILES string of the molecule is O=C(OCl)c1nccs1. The van der Waals surface area contributed by atoms with Crippen LogP contribution in [0.4, 0.5) is 0 Å². The third kappa shape index (κ3) is 1.40. The van der Waals surface area contributed by atoms with Crippen molar-refractivity contribution in [2.45, 2.75) is 0 Å². The molecule has 3 nitrogen and oxygen atoms in total. The first-order valence-electron chi connectivity index (χ1n) is 2.07. The lowest BCUT2D eigenvalue weighted by Gasteiger charge is -1.84. The second-order valence-corrected chi connectivity index (χ2v) is 2.25. The minimum absolute atomic E-state index is 0.269. The molecule has 0 aliphatic heterocycles. The lowest BCUT2D eigenvalue weighted by Crippen LogP contribution is -1.95. The van der Waals surface area contributed by atoms with Crippen molar-refractivity contribution in [3.63, 3.8) is 0 Å². The van der Waals surface area contributed by atoms with Gasteiger partial charge in [0.2, 0.25) is 5.01 Å². The number of thiazole rings is 1. The maximum absolute atomic E-state index is 10.5. The van der Waals surface area contributed by atoms with Gasteiger partial charge in [-0.1, -0.05) is 0 Å². The van der Waals surface area contributed by atoms with Crippen LogP contribution in [-0.2, 0) is 4.29 Å². The highest BCUT2D eigenvalue weighted by atomic mass is 35.5. The summed E-state index contributed by atoms with van der Waals surface area (Å²) in [6.45, 7) is 0. The Morgan fingerprint density at radius 2 is 2.67 bits per heavy atom. The molecule has 0 radical (unpaired) electrons. The molecule has 0 saturated heterocycles. The van der Waals surface area contributed by atoms with Crippen molar-refractivity contribution in [2.24, 2.45) is 0 Å². The van der Waals surface area contributed by atoms with Gasteiger partial charge in [-0.05, 0) is 0 Å². The number of carbonyl (C=O) groups excluding carboxylic acids is 1. The van der Waals surface area contributed by atoms with E-state index in [0.29, 0.717) is 0 Å². The molecule has 9 heavy (non-hydrogen) atoms. The topological polar surface area (TPSA) is 39.2 Å². The van der Waals surface area contributed by atoms with E-state index >= 15 is 0 Å². The second kappa shape index (κ2) is 2.80. The van der Waals surface area contributed by atoms with Crippen molar-refractivity contribution < 1.29 is 9.08 Å². The average molecular weight is 164 g/mol. The van der Waals surface area contributed by atoms with E-state index in [-0.39, 0.29) is 5.01 Å². The summed E-state index contributed by atoms with van der Waals surface area (Å²) in [5.41, 5.74) is 0. The molecule has 1 heterocycles. The van der Waals surface area contributed by atoms with Crippen LogP contribution >= 0.6 is 23.2 Å². The predicted octanol–water partition coefficient (Wildman–Crippen LogP) is 1.45. The molecule has 0 spiro atoms. The minimum Gasteiger partial charge on any atom is -0.341 e. The molecular formula is C4H2ClNO2S. The maximum atomic E-state index is 10.5. The molecular weight excluding hydrogens is 162 g/mol. The molecule has 0 N–H and O–H groups in total. The van der Waals surface area contributed by atoms with Crippen LogP contribution < -0.4 is 0 Å². The van der Waals surface area contributed by atoms with Crippen LogP contribution in [0.15, 0.2) is 11.6 Å². The van der Waals surface area contributed by atoms with E-state index in [9.17, 15) is 4.79 Å². The predicted molar refractivity (Wildman–Crippen MR) is 33.4 cm³/mol. The number of rotatable bonds is 1. The number of carbonyl (C=O) groups is 1. The molecule has 0 aromatic carbocycles. The fraction of sp³-hybridized carbons (Fsp3) is 0. The first kappa shape index (κ1) is 6.51. The second-order valence-electron chi connectivity index (χ2n) is 1.20. The fourth-order valence-electron chi connectivity index (χ4n) is 0.357. The zero-order valence-electron chi connectivity index (χ0n) is 4.20. The first-order valence-corrected chi connectivity index (χ1v) is 3.26. The van der Waals surface area contributed by atoms with Crippen molar-refractivity contribution in [1.82, 2.24) is 4.98 Å². The van der Waals surface area contributed by atoms with Crippen LogP contribution in [0.5, 0.6) is 0 Å². The molecule has 0 bridgehead atoms. The lowest BCUT2D eigenvalue weighted by molar-refractivity contribution is 0.0751. The molecule has 0 aliphatic carbocycles. The summed E-state index contributed by atoms with van der Waals surface area (Å²) in [5, 5.41) is 1.94. The average Bonchev–Trinajstić information content (AvgIpc) is 2.37. The summed E-state index contributed by atoms with van der Waals surface area (Å²) in [6.07, 6.45) is 1.51. The van der Waals surface area contributed by atoms with Crippen molar-refractivity contribution >= 4 is 29.2 Å². The molecule has 1 aromatic rings. The van der Waals surface area contributed by atoms with Crippen LogP contribution in [0.3, 0.4) is 0 Å². The van der Waals surface area contributed by atoms with Crippen molar-refractivity contribution in [3.05, 3.63) is 16.6 Å². The van der Waals surface area contributed by atoms with Crippen LogP contribution in [0.2, 0.25) is 0 Å². The van der Waals surface area contributed by atoms with E-state index in [1.165, 1.54) is 17.5 Å². The molecule has 0 fully saturated rings. The highest BCUT2D eigenvalue weighted by Gasteiger charge is 2.07. The summed E-state index contributed by atoms with van der Waals surface area (Å²) >= 11 is 5.95. The summed E-state index contributed by atoms with van der Waals surface area (Å²) in [4.78, 5) is 14.1. The number of halogens is 1. The molecule has 0 amide bonds. The summed E-state index contributed by atoms with van der Waals surface area (Å²) in [6, 6.07) is 0. The molecule has 0 aliphatic rings. The van der Waals surface area contributed by atoms with E-state index in [1.807, 2.05) is 0 Å². The molecule has 1 rings (SSSR count). The van der Waals surface area contributed by atoms with Gasteiger partial charge in [-0.3, -0.25) is 0 Å². The van der Waals surface area contributed by atoms with Crippen LogP contribution in [-0.4, -0.2) is 11.0 Å². The lowest BCUT2D eigenvalue weighted by atomic mass is 10.7. The van der Waals surface area contributed by atoms with Gasteiger partial charge in [0.25, 0.3) is 0 Å². The van der Waals surface area contributed by atoms with Crippen molar-refractivity contribution in [2.75, 3.05) is 0 Å². The van der Waals surface area contributed by atoms with Gasteiger partial charge in [-0.15, -0.1) is 11.3 Å². The van der Waals surface area contributed by atoms with E-state index < -0.39 is 5.97 Å². The Morgan fingerprint density at radius 3 is 3.11 bits per heavy atom. The fourth-order valence-corrected chi connectivity index (χ4v) is 0.986. The maximum Gasteiger partial charge on any atom is 0.385 e. The Balaban J connectivity index is 2.77. The van der Waals surface area contributed by atoms with E-state index in [2.05, 4.69) is 9.27 Å². The quantitative estimate of drug-likeness (QED) is 0.629. The summed E-state index contributed by atoms with van der Waals surface area (Å²) in [7, 11) is 0. The van der Waals surface area contributed by atoms with Gasteiger partial charge >= 0.3 is 5.97 Å².